The van der Waals surface area contributed by atoms with E-state index in [0.29, 0.717) is 28.3 Å². The summed E-state index contributed by atoms with van der Waals surface area (Å²) < 4.78 is 37.4. The van der Waals surface area contributed by atoms with Crippen molar-refractivity contribution in [2.75, 3.05) is 5.32 Å². The van der Waals surface area contributed by atoms with Gasteiger partial charge in [0.2, 0.25) is 10.0 Å². The number of sulfonamides is 1. The summed E-state index contributed by atoms with van der Waals surface area (Å²) in [7, 11) is -3.61. The van der Waals surface area contributed by atoms with Crippen molar-refractivity contribution in [1.82, 2.24) is 4.72 Å². The Bertz CT molecular complexity index is 1010. The number of ether oxygens (including phenoxy) is 1. The molecule has 9 heteroatoms. The third kappa shape index (κ3) is 5.45. The molecule has 0 bridgehead atoms. The van der Waals surface area contributed by atoms with E-state index in [4.69, 9.17) is 9.15 Å². The highest BCUT2D eigenvalue weighted by molar-refractivity contribution is 7.89. The van der Waals surface area contributed by atoms with Crippen LogP contribution in [0, 0.1) is 20.8 Å². The second-order valence-corrected chi connectivity index (χ2v) is 8.77. The normalized spacial score (nSPS) is 12.7. The molecule has 0 unspecified atom stereocenters. The number of carbonyl (C=O) groups is 2. The molecule has 2 N–H and O–H groups in total. The minimum Gasteiger partial charge on any atom is -0.465 e. The van der Waals surface area contributed by atoms with E-state index in [9.17, 15) is 18.0 Å². The molecule has 1 aromatic heterocycles. The Hall–Kier alpha value is -2.65. The van der Waals surface area contributed by atoms with Crippen molar-refractivity contribution in [2.45, 2.75) is 58.6 Å². The van der Waals surface area contributed by atoms with Gasteiger partial charge in [-0.15, -0.1) is 0 Å². The molecule has 1 aromatic carbocycles. The molecule has 2 rings (SSSR count). The molecule has 0 spiro atoms. The molecular formula is C20H26N2O6S. The first-order valence-electron chi connectivity index (χ1n) is 9.13. The predicted octanol–water partition coefficient (Wildman–Crippen LogP) is 3.08. The van der Waals surface area contributed by atoms with Crippen LogP contribution in [0.3, 0.4) is 0 Å². The van der Waals surface area contributed by atoms with Gasteiger partial charge in [0.15, 0.2) is 6.10 Å². The van der Waals surface area contributed by atoms with E-state index < -0.39 is 28.0 Å². The zero-order valence-electron chi connectivity index (χ0n) is 17.3. The molecule has 0 saturated heterocycles. The van der Waals surface area contributed by atoms with Gasteiger partial charge in [0.05, 0.1) is 4.90 Å². The Morgan fingerprint density at radius 3 is 2.07 bits per heavy atom. The summed E-state index contributed by atoms with van der Waals surface area (Å²) in [4.78, 5) is 24.8. The standard InChI is InChI=1S/C20H26N2O6S/c1-11(2)22-29(25,26)17-9-7-16(8-10-17)21-19(23)15(6)28-20(24)18-12(3)13(4)27-14(18)5/h7-11,15,22H,1-6H3,(H,21,23)/t15-/m1/s1. The van der Waals surface area contributed by atoms with Crippen LogP contribution in [0.4, 0.5) is 5.69 Å². The molecule has 0 saturated carbocycles. The Morgan fingerprint density at radius 1 is 1.00 bits per heavy atom. The lowest BCUT2D eigenvalue weighted by Gasteiger charge is -2.14. The zero-order valence-corrected chi connectivity index (χ0v) is 18.1. The van der Waals surface area contributed by atoms with E-state index in [1.54, 1.807) is 34.6 Å². The van der Waals surface area contributed by atoms with Crippen LogP contribution in [-0.4, -0.2) is 32.4 Å². The monoisotopic (exact) mass is 422 g/mol. The van der Waals surface area contributed by atoms with Crippen molar-refractivity contribution in [1.29, 1.82) is 0 Å². The first-order chi connectivity index (χ1) is 13.4. The van der Waals surface area contributed by atoms with Crippen LogP contribution in [0.25, 0.3) is 0 Å². The lowest BCUT2D eigenvalue weighted by molar-refractivity contribution is -0.123. The lowest BCUT2D eigenvalue weighted by atomic mass is 10.1. The average molecular weight is 423 g/mol. The smallest absolute Gasteiger partial charge is 0.342 e. The van der Waals surface area contributed by atoms with Crippen LogP contribution in [0.15, 0.2) is 33.6 Å². The van der Waals surface area contributed by atoms with Crippen LogP contribution in [-0.2, 0) is 19.6 Å². The largest absolute Gasteiger partial charge is 0.465 e. The van der Waals surface area contributed by atoms with Crippen LogP contribution in [0.2, 0.25) is 0 Å². The Morgan fingerprint density at radius 2 is 1.59 bits per heavy atom. The summed E-state index contributed by atoms with van der Waals surface area (Å²) in [6, 6.07) is 5.47. The number of hydrogen-bond acceptors (Lipinski definition) is 6. The fraction of sp³-hybridized carbons (Fsp3) is 0.400. The quantitative estimate of drug-likeness (QED) is 0.663. The molecule has 1 amide bonds. The van der Waals surface area contributed by atoms with Crippen LogP contribution in [0.5, 0.6) is 0 Å². The molecule has 2 aromatic rings. The van der Waals surface area contributed by atoms with Gasteiger partial charge in [-0.3, -0.25) is 4.79 Å². The number of esters is 1. The van der Waals surface area contributed by atoms with Crippen LogP contribution in [0.1, 0.15) is 48.2 Å². The van der Waals surface area contributed by atoms with Gasteiger partial charge in [-0.2, -0.15) is 0 Å². The summed E-state index contributed by atoms with van der Waals surface area (Å²) in [5, 5.41) is 2.60. The Balaban J connectivity index is 2.03. The van der Waals surface area contributed by atoms with E-state index in [1.165, 1.54) is 31.2 Å². The summed E-state index contributed by atoms with van der Waals surface area (Å²) >= 11 is 0. The zero-order chi connectivity index (χ0) is 21.9. The van der Waals surface area contributed by atoms with E-state index in [1.807, 2.05) is 0 Å². The highest BCUT2D eigenvalue weighted by Crippen LogP contribution is 2.22. The molecule has 8 nitrogen and oxygen atoms in total. The van der Waals surface area contributed by atoms with Crippen molar-refractivity contribution in [3.8, 4) is 0 Å². The summed E-state index contributed by atoms with van der Waals surface area (Å²) in [6.07, 6.45) is -1.05. The van der Waals surface area contributed by atoms with E-state index in [0.717, 1.165) is 0 Å². The molecule has 0 aliphatic carbocycles. The summed E-state index contributed by atoms with van der Waals surface area (Å²) in [6.45, 7) is 10.1. The molecular weight excluding hydrogens is 396 g/mol. The summed E-state index contributed by atoms with van der Waals surface area (Å²) in [5.41, 5.74) is 1.37. The number of hydrogen-bond donors (Lipinski definition) is 2. The number of anilines is 1. The van der Waals surface area contributed by atoms with Crippen LogP contribution < -0.4 is 10.0 Å². The first kappa shape index (κ1) is 22.6. The number of benzene rings is 1. The molecule has 0 radical (unpaired) electrons. The van der Waals surface area contributed by atoms with Gasteiger partial charge in [-0.25, -0.2) is 17.9 Å². The van der Waals surface area contributed by atoms with Gasteiger partial charge >= 0.3 is 5.97 Å². The Kier molecular flexibility index (Phi) is 6.86. The minimum absolute atomic E-state index is 0.0879. The SMILES string of the molecule is Cc1oc(C)c(C(=O)O[C@H](C)C(=O)Nc2ccc(S(=O)(=O)NC(C)C)cc2)c1C. The van der Waals surface area contributed by atoms with Crippen molar-refractivity contribution in [3.63, 3.8) is 0 Å². The third-order valence-electron chi connectivity index (χ3n) is 4.24. The fourth-order valence-corrected chi connectivity index (χ4v) is 3.96. The second kappa shape index (κ2) is 8.79. The maximum atomic E-state index is 12.4. The molecule has 1 atom stereocenters. The number of carbonyl (C=O) groups excluding carboxylic acids is 2. The molecule has 158 valence electrons. The highest BCUT2D eigenvalue weighted by Gasteiger charge is 2.25. The number of nitrogens with one attached hydrogen (secondary N) is 2. The van der Waals surface area contributed by atoms with Gasteiger partial charge in [0.1, 0.15) is 17.1 Å². The maximum absolute atomic E-state index is 12.4. The molecule has 0 aliphatic rings. The van der Waals surface area contributed by atoms with Gasteiger partial charge in [0.25, 0.3) is 5.91 Å². The van der Waals surface area contributed by atoms with Gasteiger partial charge in [-0.1, -0.05) is 0 Å². The molecule has 1 heterocycles. The molecule has 0 fully saturated rings. The summed E-state index contributed by atoms with van der Waals surface area (Å²) in [5.74, 6) is -0.122. The van der Waals surface area contributed by atoms with Gasteiger partial charge in [-0.05, 0) is 65.8 Å². The van der Waals surface area contributed by atoms with E-state index in [-0.39, 0.29) is 10.9 Å². The van der Waals surface area contributed by atoms with E-state index >= 15 is 0 Å². The van der Waals surface area contributed by atoms with Crippen molar-refractivity contribution >= 4 is 27.6 Å². The minimum atomic E-state index is -3.61. The van der Waals surface area contributed by atoms with Crippen molar-refractivity contribution < 1.29 is 27.2 Å². The van der Waals surface area contributed by atoms with Crippen LogP contribution >= 0.6 is 0 Å². The van der Waals surface area contributed by atoms with Crippen molar-refractivity contribution in [2.24, 2.45) is 0 Å². The molecule has 0 aliphatic heterocycles. The third-order valence-corrected chi connectivity index (χ3v) is 5.92. The maximum Gasteiger partial charge on any atom is 0.342 e. The lowest BCUT2D eigenvalue weighted by Crippen LogP contribution is -2.31. The number of aryl methyl sites for hydroxylation is 2. The number of rotatable bonds is 7. The van der Waals surface area contributed by atoms with E-state index in [2.05, 4.69) is 10.0 Å². The fourth-order valence-electron chi connectivity index (χ4n) is 2.71. The highest BCUT2D eigenvalue weighted by atomic mass is 32.2. The van der Waals surface area contributed by atoms with Gasteiger partial charge in [0, 0.05) is 17.3 Å². The number of furan rings is 1. The van der Waals surface area contributed by atoms with Gasteiger partial charge < -0.3 is 14.5 Å². The second-order valence-electron chi connectivity index (χ2n) is 7.05. The Labute approximate surface area is 170 Å². The topological polar surface area (TPSA) is 115 Å². The molecule has 29 heavy (non-hydrogen) atoms. The predicted molar refractivity (Wildman–Crippen MR) is 108 cm³/mol. The number of amides is 1. The average Bonchev–Trinajstić information content (AvgIpc) is 2.86. The first-order valence-corrected chi connectivity index (χ1v) is 10.6. The van der Waals surface area contributed by atoms with Crippen molar-refractivity contribution in [3.05, 3.63) is 46.9 Å².